The lowest BCUT2D eigenvalue weighted by molar-refractivity contribution is -0.125. The van der Waals surface area contributed by atoms with Crippen LogP contribution in [0, 0.1) is 0 Å². The van der Waals surface area contributed by atoms with Gasteiger partial charge < -0.3 is 11.1 Å². The van der Waals surface area contributed by atoms with E-state index in [1.54, 1.807) is 12.3 Å². The van der Waals surface area contributed by atoms with E-state index in [2.05, 4.69) is 10.3 Å². The average Bonchev–Trinajstić information content (AvgIpc) is 2.25. The first-order valence-corrected chi connectivity index (χ1v) is 4.63. The van der Waals surface area contributed by atoms with Gasteiger partial charge in [-0.15, -0.1) is 0 Å². The van der Waals surface area contributed by atoms with Crippen molar-refractivity contribution >= 4 is 11.8 Å². The highest BCUT2D eigenvalue weighted by molar-refractivity contribution is 5.82. The van der Waals surface area contributed by atoms with Crippen LogP contribution >= 0.6 is 0 Å². The highest BCUT2D eigenvalue weighted by Gasteiger charge is 2.03. The zero-order valence-electron chi connectivity index (χ0n) is 8.27. The SMILES string of the molecule is NC(=O)CCC(=O)NCc1ccccn1. The van der Waals surface area contributed by atoms with E-state index < -0.39 is 5.91 Å². The van der Waals surface area contributed by atoms with E-state index in [4.69, 9.17) is 5.73 Å². The fourth-order valence-electron chi connectivity index (χ4n) is 1.02. The van der Waals surface area contributed by atoms with Crippen molar-refractivity contribution in [3.63, 3.8) is 0 Å². The highest BCUT2D eigenvalue weighted by atomic mass is 16.2. The Kier molecular flexibility index (Phi) is 4.28. The first kappa shape index (κ1) is 11.2. The Bertz CT molecular complexity index is 338. The zero-order valence-corrected chi connectivity index (χ0v) is 8.27. The molecule has 0 aromatic carbocycles. The van der Waals surface area contributed by atoms with E-state index in [0.29, 0.717) is 6.54 Å². The van der Waals surface area contributed by atoms with Crippen molar-refractivity contribution in [2.45, 2.75) is 19.4 Å². The molecular weight excluding hydrogens is 194 g/mol. The van der Waals surface area contributed by atoms with Crippen LogP contribution in [0.2, 0.25) is 0 Å². The Hall–Kier alpha value is -1.91. The summed E-state index contributed by atoms with van der Waals surface area (Å²) in [6.07, 6.45) is 1.86. The lowest BCUT2D eigenvalue weighted by Gasteiger charge is -2.03. The molecule has 1 aromatic heterocycles. The van der Waals surface area contributed by atoms with Crippen LogP contribution in [0.3, 0.4) is 0 Å². The maximum atomic E-state index is 11.2. The van der Waals surface area contributed by atoms with Crippen LogP contribution in [-0.4, -0.2) is 16.8 Å². The largest absolute Gasteiger partial charge is 0.370 e. The van der Waals surface area contributed by atoms with Gasteiger partial charge >= 0.3 is 0 Å². The van der Waals surface area contributed by atoms with Crippen molar-refractivity contribution in [3.8, 4) is 0 Å². The van der Waals surface area contributed by atoms with Gasteiger partial charge in [-0.2, -0.15) is 0 Å². The van der Waals surface area contributed by atoms with Gasteiger partial charge in [-0.1, -0.05) is 6.07 Å². The Morgan fingerprint density at radius 1 is 1.33 bits per heavy atom. The van der Waals surface area contributed by atoms with Crippen LogP contribution in [0.5, 0.6) is 0 Å². The van der Waals surface area contributed by atoms with Gasteiger partial charge in [0.1, 0.15) is 0 Å². The van der Waals surface area contributed by atoms with Gasteiger partial charge in [-0.25, -0.2) is 0 Å². The second-order valence-electron chi connectivity index (χ2n) is 3.06. The summed E-state index contributed by atoms with van der Waals surface area (Å²) in [7, 11) is 0. The number of nitrogens with two attached hydrogens (primary N) is 1. The summed E-state index contributed by atoms with van der Waals surface area (Å²) in [6.45, 7) is 0.373. The maximum Gasteiger partial charge on any atom is 0.220 e. The molecule has 1 heterocycles. The smallest absolute Gasteiger partial charge is 0.220 e. The minimum absolute atomic E-state index is 0.0774. The number of hydrogen-bond acceptors (Lipinski definition) is 3. The van der Waals surface area contributed by atoms with Crippen molar-refractivity contribution < 1.29 is 9.59 Å². The molecule has 1 aromatic rings. The number of aromatic nitrogens is 1. The molecule has 3 N–H and O–H groups in total. The fourth-order valence-corrected chi connectivity index (χ4v) is 1.02. The van der Waals surface area contributed by atoms with E-state index in [1.165, 1.54) is 0 Å². The zero-order chi connectivity index (χ0) is 11.1. The van der Waals surface area contributed by atoms with Crippen molar-refractivity contribution in [3.05, 3.63) is 30.1 Å². The molecule has 0 unspecified atom stereocenters. The summed E-state index contributed by atoms with van der Waals surface area (Å²) in [6, 6.07) is 5.46. The molecule has 2 amide bonds. The third kappa shape index (κ3) is 4.75. The van der Waals surface area contributed by atoms with Crippen LogP contribution in [0.25, 0.3) is 0 Å². The predicted molar refractivity (Wildman–Crippen MR) is 54.5 cm³/mol. The molecular formula is C10H13N3O2. The topological polar surface area (TPSA) is 85.1 Å². The molecule has 0 radical (unpaired) electrons. The molecule has 0 aliphatic heterocycles. The van der Waals surface area contributed by atoms with Crippen LogP contribution in [0.15, 0.2) is 24.4 Å². The van der Waals surface area contributed by atoms with E-state index in [9.17, 15) is 9.59 Å². The molecule has 0 fully saturated rings. The minimum Gasteiger partial charge on any atom is -0.370 e. The summed E-state index contributed by atoms with van der Waals surface area (Å²) in [5, 5.41) is 2.65. The Morgan fingerprint density at radius 3 is 2.73 bits per heavy atom. The molecule has 80 valence electrons. The third-order valence-electron chi connectivity index (χ3n) is 1.79. The number of nitrogens with one attached hydrogen (secondary N) is 1. The van der Waals surface area contributed by atoms with Gasteiger partial charge in [0.05, 0.1) is 12.2 Å². The van der Waals surface area contributed by atoms with Crippen molar-refractivity contribution in [2.75, 3.05) is 0 Å². The van der Waals surface area contributed by atoms with Crippen LogP contribution < -0.4 is 11.1 Å². The van der Waals surface area contributed by atoms with Crippen LogP contribution in [0.4, 0.5) is 0 Å². The van der Waals surface area contributed by atoms with Crippen molar-refractivity contribution in [1.82, 2.24) is 10.3 Å². The Labute approximate surface area is 87.7 Å². The summed E-state index contributed by atoms with van der Waals surface area (Å²) in [5.74, 6) is -0.664. The predicted octanol–water partition coefficient (Wildman–Crippen LogP) is -0.0367. The first-order chi connectivity index (χ1) is 7.18. The monoisotopic (exact) mass is 207 g/mol. The van der Waals surface area contributed by atoms with Gasteiger partial charge in [0.15, 0.2) is 0 Å². The van der Waals surface area contributed by atoms with Gasteiger partial charge in [0, 0.05) is 19.0 Å². The number of rotatable bonds is 5. The first-order valence-electron chi connectivity index (χ1n) is 4.63. The fraction of sp³-hybridized carbons (Fsp3) is 0.300. The molecule has 0 spiro atoms. The molecule has 0 aliphatic carbocycles. The number of hydrogen-bond donors (Lipinski definition) is 2. The molecule has 0 saturated heterocycles. The number of amides is 2. The molecule has 0 aliphatic rings. The Morgan fingerprint density at radius 2 is 2.13 bits per heavy atom. The second-order valence-corrected chi connectivity index (χ2v) is 3.06. The molecule has 15 heavy (non-hydrogen) atoms. The standard InChI is InChI=1S/C10H13N3O2/c11-9(14)4-5-10(15)13-7-8-3-1-2-6-12-8/h1-3,6H,4-5,7H2,(H2,11,14)(H,13,15). The molecule has 1 rings (SSSR count). The molecule has 0 bridgehead atoms. The van der Waals surface area contributed by atoms with E-state index >= 15 is 0 Å². The molecule has 0 atom stereocenters. The highest BCUT2D eigenvalue weighted by Crippen LogP contribution is 1.93. The number of primary amides is 1. The lowest BCUT2D eigenvalue weighted by atomic mass is 10.3. The summed E-state index contributed by atoms with van der Waals surface area (Å²) in [4.78, 5) is 25.6. The minimum atomic E-state index is -0.469. The number of carbonyl (C=O) groups excluding carboxylic acids is 2. The maximum absolute atomic E-state index is 11.2. The summed E-state index contributed by atoms with van der Waals surface area (Å²) in [5.41, 5.74) is 5.70. The van der Waals surface area contributed by atoms with E-state index in [1.807, 2.05) is 12.1 Å². The average molecular weight is 207 g/mol. The summed E-state index contributed by atoms with van der Waals surface area (Å²) < 4.78 is 0. The van der Waals surface area contributed by atoms with E-state index in [-0.39, 0.29) is 18.7 Å². The normalized spacial score (nSPS) is 9.60. The quantitative estimate of drug-likeness (QED) is 0.710. The number of nitrogens with zero attached hydrogens (tertiary/aromatic N) is 1. The third-order valence-corrected chi connectivity index (χ3v) is 1.79. The van der Waals surface area contributed by atoms with Crippen molar-refractivity contribution in [1.29, 1.82) is 0 Å². The number of carbonyl (C=O) groups is 2. The van der Waals surface area contributed by atoms with Gasteiger partial charge in [-0.05, 0) is 12.1 Å². The number of pyridine rings is 1. The van der Waals surface area contributed by atoms with Gasteiger partial charge in [0.25, 0.3) is 0 Å². The molecule has 0 saturated carbocycles. The van der Waals surface area contributed by atoms with E-state index in [0.717, 1.165) is 5.69 Å². The lowest BCUT2D eigenvalue weighted by Crippen LogP contribution is -2.24. The van der Waals surface area contributed by atoms with Gasteiger partial charge in [0.2, 0.25) is 11.8 Å². The Balaban J connectivity index is 2.26. The second kappa shape index (κ2) is 5.74. The molecule has 5 nitrogen and oxygen atoms in total. The van der Waals surface area contributed by atoms with Crippen molar-refractivity contribution in [2.24, 2.45) is 5.73 Å². The molecule has 5 heteroatoms. The van der Waals surface area contributed by atoms with Crippen LogP contribution in [0.1, 0.15) is 18.5 Å². The van der Waals surface area contributed by atoms with Crippen LogP contribution in [-0.2, 0) is 16.1 Å². The van der Waals surface area contributed by atoms with Gasteiger partial charge in [-0.3, -0.25) is 14.6 Å². The summed E-state index contributed by atoms with van der Waals surface area (Å²) >= 11 is 0.